The number of hydrogen-bond acceptors (Lipinski definition) is 2. The van der Waals surface area contributed by atoms with Crippen molar-refractivity contribution in [3.8, 4) is 0 Å². The first-order valence-corrected chi connectivity index (χ1v) is 8.14. The number of fused-ring (bicyclic) bond motifs is 1. The molecule has 1 atom stereocenters. The molecule has 1 aliphatic rings. The first-order chi connectivity index (χ1) is 10.2. The van der Waals surface area contributed by atoms with Crippen molar-refractivity contribution in [3.63, 3.8) is 0 Å². The molecule has 1 aliphatic heterocycles. The van der Waals surface area contributed by atoms with Gasteiger partial charge in [-0.3, -0.25) is 4.90 Å². The molecule has 0 aliphatic carbocycles. The van der Waals surface area contributed by atoms with E-state index in [0.717, 1.165) is 19.6 Å². The van der Waals surface area contributed by atoms with Crippen LogP contribution < -0.4 is 5.32 Å². The summed E-state index contributed by atoms with van der Waals surface area (Å²) in [7, 11) is 0. The molecular formula is C19H26N2. The van der Waals surface area contributed by atoms with E-state index >= 15 is 0 Å². The first kappa shape index (κ1) is 14.6. The number of nitrogens with zero attached hydrogens (tertiary/aromatic N) is 1. The van der Waals surface area contributed by atoms with Gasteiger partial charge >= 0.3 is 0 Å². The lowest BCUT2D eigenvalue weighted by Gasteiger charge is -2.33. The van der Waals surface area contributed by atoms with Crippen LogP contribution in [0.3, 0.4) is 0 Å². The van der Waals surface area contributed by atoms with Crippen LogP contribution in [0.2, 0.25) is 0 Å². The Morgan fingerprint density at radius 3 is 2.81 bits per heavy atom. The highest BCUT2D eigenvalue weighted by Gasteiger charge is 2.27. The minimum absolute atomic E-state index is 0.251. The first-order valence-electron chi connectivity index (χ1n) is 8.14. The van der Waals surface area contributed by atoms with E-state index in [9.17, 15) is 0 Å². The zero-order chi connectivity index (χ0) is 14.7. The summed E-state index contributed by atoms with van der Waals surface area (Å²) in [6.07, 6.45) is 2.42. The lowest BCUT2D eigenvalue weighted by molar-refractivity contribution is 0.209. The quantitative estimate of drug-likeness (QED) is 0.921. The van der Waals surface area contributed by atoms with Crippen molar-refractivity contribution < 1.29 is 0 Å². The maximum atomic E-state index is 3.72. The van der Waals surface area contributed by atoms with E-state index in [1.54, 1.807) is 0 Å². The van der Waals surface area contributed by atoms with Crippen LogP contribution in [-0.2, 0) is 6.54 Å². The van der Waals surface area contributed by atoms with Crippen molar-refractivity contribution in [1.29, 1.82) is 0 Å². The maximum absolute atomic E-state index is 3.72. The Morgan fingerprint density at radius 2 is 1.95 bits per heavy atom. The summed E-state index contributed by atoms with van der Waals surface area (Å²) in [5.74, 6) is 0. The van der Waals surface area contributed by atoms with E-state index in [1.807, 2.05) is 0 Å². The average molecular weight is 282 g/mol. The Hall–Kier alpha value is -1.38. The normalized spacial score (nSPS) is 24.1. The summed E-state index contributed by atoms with van der Waals surface area (Å²) < 4.78 is 0. The van der Waals surface area contributed by atoms with Crippen molar-refractivity contribution in [3.05, 3.63) is 48.0 Å². The molecule has 2 aromatic rings. The third kappa shape index (κ3) is 3.28. The van der Waals surface area contributed by atoms with Crippen LogP contribution in [0, 0.1) is 0 Å². The zero-order valence-corrected chi connectivity index (χ0v) is 13.2. The molecule has 2 aromatic carbocycles. The molecule has 0 aromatic heterocycles. The van der Waals surface area contributed by atoms with Crippen LogP contribution in [0.15, 0.2) is 42.5 Å². The highest BCUT2D eigenvalue weighted by molar-refractivity contribution is 5.85. The predicted octanol–water partition coefficient (Wildman–Crippen LogP) is 3.80. The predicted molar refractivity (Wildman–Crippen MR) is 90.5 cm³/mol. The Bertz CT molecular complexity index is 602. The molecule has 0 spiro atoms. The SMILES string of the molecule is CCC1(C)CN(Cc2cccc3ccccc23)CCCN1. The summed E-state index contributed by atoms with van der Waals surface area (Å²) in [5, 5.41) is 6.47. The van der Waals surface area contributed by atoms with Crippen LogP contribution >= 0.6 is 0 Å². The van der Waals surface area contributed by atoms with Gasteiger partial charge < -0.3 is 5.32 Å². The monoisotopic (exact) mass is 282 g/mol. The molecular weight excluding hydrogens is 256 g/mol. The number of benzene rings is 2. The van der Waals surface area contributed by atoms with Crippen molar-refractivity contribution in [2.24, 2.45) is 0 Å². The van der Waals surface area contributed by atoms with E-state index in [-0.39, 0.29) is 5.54 Å². The summed E-state index contributed by atoms with van der Waals surface area (Å²) in [6.45, 7) is 9.15. The van der Waals surface area contributed by atoms with Gasteiger partial charge in [-0.2, -0.15) is 0 Å². The van der Waals surface area contributed by atoms with Crippen LogP contribution in [0.5, 0.6) is 0 Å². The fourth-order valence-corrected chi connectivity index (χ4v) is 3.36. The summed E-state index contributed by atoms with van der Waals surface area (Å²) >= 11 is 0. The lowest BCUT2D eigenvalue weighted by atomic mass is 9.98. The van der Waals surface area contributed by atoms with Gasteiger partial charge in [0.25, 0.3) is 0 Å². The van der Waals surface area contributed by atoms with Gasteiger partial charge in [-0.1, -0.05) is 49.4 Å². The average Bonchev–Trinajstić information content (AvgIpc) is 2.70. The minimum atomic E-state index is 0.251. The fraction of sp³-hybridized carbons (Fsp3) is 0.474. The lowest BCUT2D eigenvalue weighted by Crippen LogP contribution is -2.48. The molecule has 0 radical (unpaired) electrons. The van der Waals surface area contributed by atoms with Gasteiger partial charge in [-0.05, 0) is 49.2 Å². The summed E-state index contributed by atoms with van der Waals surface area (Å²) in [4.78, 5) is 2.62. The number of rotatable bonds is 3. The van der Waals surface area contributed by atoms with Crippen molar-refractivity contribution in [2.45, 2.75) is 38.8 Å². The molecule has 2 heteroatoms. The largest absolute Gasteiger partial charge is 0.310 e. The summed E-state index contributed by atoms with van der Waals surface area (Å²) in [5.41, 5.74) is 1.70. The van der Waals surface area contributed by atoms with Gasteiger partial charge in [0.05, 0.1) is 0 Å². The molecule has 1 saturated heterocycles. The molecule has 0 bridgehead atoms. The Morgan fingerprint density at radius 1 is 1.14 bits per heavy atom. The van der Waals surface area contributed by atoms with Crippen LogP contribution in [0.25, 0.3) is 10.8 Å². The van der Waals surface area contributed by atoms with Crippen LogP contribution in [0.4, 0.5) is 0 Å². The standard InChI is InChI=1S/C19H26N2/c1-3-19(2)15-21(13-7-12-20-19)14-17-10-6-9-16-8-4-5-11-18(16)17/h4-6,8-11,20H,3,7,12-15H2,1-2H3. The third-order valence-electron chi connectivity index (χ3n) is 4.83. The molecule has 1 N–H and O–H groups in total. The summed E-state index contributed by atoms with van der Waals surface area (Å²) in [6, 6.07) is 15.4. The molecule has 3 rings (SSSR count). The van der Waals surface area contributed by atoms with Gasteiger partial charge in [0.2, 0.25) is 0 Å². The highest BCUT2D eigenvalue weighted by Crippen LogP contribution is 2.22. The Kier molecular flexibility index (Phi) is 4.27. The topological polar surface area (TPSA) is 15.3 Å². The van der Waals surface area contributed by atoms with E-state index in [1.165, 1.54) is 35.7 Å². The third-order valence-corrected chi connectivity index (χ3v) is 4.83. The molecule has 0 amide bonds. The molecule has 1 unspecified atom stereocenters. The minimum Gasteiger partial charge on any atom is -0.310 e. The Balaban J connectivity index is 1.84. The number of hydrogen-bond donors (Lipinski definition) is 1. The van der Waals surface area contributed by atoms with E-state index in [2.05, 4.69) is 66.5 Å². The number of nitrogens with one attached hydrogen (secondary N) is 1. The van der Waals surface area contributed by atoms with E-state index < -0.39 is 0 Å². The van der Waals surface area contributed by atoms with Gasteiger partial charge in [0, 0.05) is 18.6 Å². The van der Waals surface area contributed by atoms with Crippen molar-refractivity contribution in [2.75, 3.05) is 19.6 Å². The van der Waals surface area contributed by atoms with Crippen LogP contribution in [0.1, 0.15) is 32.3 Å². The molecule has 1 heterocycles. The fourth-order valence-electron chi connectivity index (χ4n) is 3.36. The van der Waals surface area contributed by atoms with Crippen LogP contribution in [-0.4, -0.2) is 30.1 Å². The maximum Gasteiger partial charge on any atom is 0.0277 e. The van der Waals surface area contributed by atoms with E-state index in [0.29, 0.717) is 0 Å². The molecule has 21 heavy (non-hydrogen) atoms. The second kappa shape index (κ2) is 6.17. The molecule has 0 saturated carbocycles. The molecule has 1 fully saturated rings. The van der Waals surface area contributed by atoms with Gasteiger partial charge in [-0.25, -0.2) is 0 Å². The van der Waals surface area contributed by atoms with E-state index in [4.69, 9.17) is 0 Å². The van der Waals surface area contributed by atoms with Gasteiger partial charge in [0.15, 0.2) is 0 Å². The second-order valence-corrected chi connectivity index (χ2v) is 6.54. The second-order valence-electron chi connectivity index (χ2n) is 6.54. The molecule has 2 nitrogen and oxygen atoms in total. The zero-order valence-electron chi connectivity index (χ0n) is 13.2. The van der Waals surface area contributed by atoms with Crippen molar-refractivity contribution in [1.82, 2.24) is 10.2 Å². The van der Waals surface area contributed by atoms with Gasteiger partial charge in [0.1, 0.15) is 0 Å². The highest BCUT2D eigenvalue weighted by atomic mass is 15.2. The smallest absolute Gasteiger partial charge is 0.0277 e. The molecule has 112 valence electrons. The Labute approximate surface area is 128 Å². The van der Waals surface area contributed by atoms with Gasteiger partial charge in [-0.15, -0.1) is 0 Å². The van der Waals surface area contributed by atoms with Crippen molar-refractivity contribution >= 4 is 10.8 Å².